The fourth-order valence-corrected chi connectivity index (χ4v) is 6.00. The molecule has 0 bridgehead atoms. The maximum atomic E-state index is 12.9. The first-order chi connectivity index (χ1) is 23.3. The zero-order chi connectivity index (χ0) is 35.1. The molecule has 9 heteroatoms. The molecule has 0 aliphatic rings. The summed E-state index contributed by atoms with van der Waals surface area (Å²) in [5.41, 5.74) is -0.355. The maximum absolute atomic E-state index is 12.9. The number of carbonyl (C=O) groups excluding carboxylic acids is 2. The molecule has 0 amide bonds. The van der Waals surface area contributed by atoms with Crippen LogP contribution in [0.5, 0.6) is 0 Å². The van der Waals surface area contributed by atoms with Crippen LogP contribution in [0.2, 0.25) is 0 Å². The van der Waals surface area contributed by atoms with Crippen LogP contribution in [0.4, 0.5) is 0 Å². The van der Waals surface area contributed by atoms with Crippen LogP contribution in [0.1, 0.15) is 189 Å². The van der Waals surface area contributed by atoms with E-state index in [1.807, 2.05) is 0 Å². The molecule has 0 aliphatic heterocycles. The second-order valence-electron chi connectivity index (χ2n) is 12.9. The van der Waals surface area contributed by atoms with E-state index in [0.717, 1.165) is 69.6 Å². The normalized spacial score (nSPS) is 11.7. The molecule has 274 valence electrons. The van der Waals surface area contributed by atoms with Gasteiger partial charge in [0.15, 0.2) is 0 Å². The van der Waals surface area contributed by atoms with Gasteiger partial charge >= 0.3 is 41.5 Å². The second kappa shape index (κ2) is 32.5. The Labute approximate surface area is 321 Å². The standard InChI is InChI=1S/C40H66O7S.Na/c1-3-5-7-9-11-13-15-17-19-21-23-25-27-29-33-46-39(41)37-32-31-36(48(43,44)45)35-38(37)40(42)47-34-30-28-26-24-22-20-18-16-14-12-10-8-6-4-2;/h13-16,31-32,35H,3-12,17-30,33-34H2,1-2H3,(H,43,44,45);/q;+1/p-1/b15-13+,16-14+;. The van der Waals surface area contributed by atoms with Crippen LogP contribution < -0.4 is 29.6 Å². The first-order valence-corrected chi connectivity index (χ1v) is 20.5. The smallest absolute Gasteiger partial charge is 0.744 e. The molecule has 0 atom stereocenters. The van der Waals surface area contributed by atoms with Crippen molar-refractivity contribution in [1.29, 1.82) is 0 Å². The van der Waals surface area contributed by atoms with E-state index in [1.54, 1.807) is 0 Å². The minimum absolute atomic E-state index is 0. The van der Waals surface area contributed by atoms with Crippen LogP contribution in [0.15, 0.2) is 47.4 Å². The number of hydrogen-bond acceptors (Lipinski definition) is 7. The van der Waals surface area contributed by atoms with E-state index in [4.69, 9.17) is 9.47 Å². The molecule has 0 unspecified atom stereocenters. The predicted octanol–water partition coefficient (Wildman–Crippen LogP) is 8.42. The molecule has 0 spiro atoms. The summed E-state index contributed by atoms with van der Waals surface area (Å²) in [5.74, 6) is -1.56. The van der Waals surface area contributed by atoms with Crippen molar-refractivity contribution in [2.24, 2.45) is 0 Å². The SMILES string of the molecule is CCCCCC/C=C/CCCCCCCCOC(=O)c1ccc(S(=O)(=O)[O-])cc1C(=O)OCCCCCCCC/C=C/CCCCCC.[Na+]. The van der Waals surface area contributed by atoms with Gasteiger partial charge in [-0.3, -0.25) is 0 Å². The van der Waals surface area contributed by atoms with E-state index in [2.05, 4.69) is 38.2 Å². The summed E-state index contributed by atoms with van der Waals surface area (Å²) in [6, 6.07) is 3.11. The molecule has 0 saturated heterocycles. The Morgan fingerprint density at radius 3 is 1.29 bits per heavy atom. The Kier molecular flexibility index (Phi) is 31.5. The van der Waals surface area contributed by atoms with Crippen LogP contribution in [0.25, 0.3) is 0 Å². The number of esters is 2. The van der Waals surface area contributed by atoms with E-state index in [0.29, 0.717) is 12.8 Å². The zero-order valence-corrected chi connectivity index (χ0v) is 34.0. The van der Waals surface area contributed by atoms with Crippen molar-refractivity contribution in [2.75, 3.05) is 13.2 Å². The Hall–Kier alpha value is -1.45. The van der Waals surface area contributed by atoms with Crippen LogP contribution in [0.3, 0.4) is 0 Å². The molecule has 0 heterocycles. The summed E-state index contributed by atoms with van der Waals surface area (Å²) < 4.78 is 45.5. The van der Waals surface area contributed by atoms with E-state index < -0.39 is 27.0 Å². The largest absolute Gasteiger partial charge is 1.00 e. The number of carbonyl (C=O) groups is 2. The van der Waals surface area contributed by atoms with Gasteiger partial charge in [0.1, 0.15) is 10.1 Å². The molecular formula is C40H65NaO7S. The summed E-state index contributed by atoms with van der Waals surface area (Å²) in [6.07, 6.45) is 36.4. The van der Waals surface area contributed by atoms with Crippen molar-refractivity contribution in [3.8, 4) is 0 Å². The minimum Gasteiger partial charge on any atom is -0.744 e. The molecule has 0 aliphatic carbocycles. The van der Waals surface area contributed by atoms with Gasteiger partial charge in [-0.2, -0.15) is 0 Å². The fraction of sp³-hybridized carbons (Fsp3) is 0.700. The third-order valence-electron chi connectivity index (χ3n) is 8.50. The quantitative estimate of drug-likeness (QED) is 0.0250. The third-order valence-corrected chi connectivity index (χ3v) is 9.33. The molecule has 1 rings (SSSR count). The number of allylic oxidation sites excluding steroid dienone is 4. The van der Waals surface area contributed by atoms with Gasteiger partial charge in [0, 0.05) is 0 Å². The molecule has 0 aromatic heterocycles. The van der Waals surface area contributed by atoms with Crippen molar-refractivity contribution in [2.45, 2.75) is 173 Å². The maximum Gasteiger partial charge on any atom is 1.00 e. The monoisotopic (exact) mass is 712 g/mol. The molecule has 0 saturated carbocycles. The summed E-state index contributed by atoms with van der Waals surface area (Å²) in [4.78, 5) is 25.1. The average molecular weight is 713 g/mol. The van der Waals surface area contributed by atoms with Crippen LogP contribution in [-0.4, -0.2) is 38.1 Å². The second-order valence-corrected chi connectivity index (χ2v) is 14.3. The van der Waals surface area contributed by atoms with Gasteiger partial charge < -0.3 is 14.0 Å². The molecule has 0 fully saturated rings. The molecule has 7 nitrogen and oxygen atoms in total. The molecular weight excluding hydrogens is 647 g/mol. The van der Waals surface area contributed by atoms with Crippen molar-refractivity contribution in [1.82, 2.24) is 0 Å². The van der Waals surface area contributed by atoms with Gasteiger partial charge in [0.25, 0.3) is 0 Å². The summed E-state index contributed by atoms with van der Waals surface area (Å²) in [6.45, 7) is 4.81. The van der Waals surface area contributed by atoms with E-state index >= 15 is 0 Å². The van der Waals surface area contributed by atoms with Crippen molar-refractivity contribution in [3.05, 3.63) is 53.6 Å². The van der Waals surface area contributed by atoms with Crippen molar-refractivity contribution < 1.29 is 61.6 Å². The number of ether oxygens (including phenoxy) is 2. The molecule has 49 heavy (non-hydrogen) atoms. The van der Waals surface area contributed by atoms with Crippen LogP contribution in [0, 0.1) is 0 Å². The Balaban J connectivity index is 0.0000230. The minimum atomic E-state index is -4.81. The van der Waals surface area contributed by atoms with Crippen LogP contribution in [-0.2, 0) is 19.6 Å². The van der Waals surface area contributed by atoms with Gasteiger partial charge in [-0.25, -0.2) is 18.0 Å². The van der Waals surface area contributed by atoms with Gasteiger partial charge in [-0.05, 0) is 82.4 Å². The van der Waals surface area contributed by atoms with E-state index in [-0.39, 0.29) is 53.9 Å². The average Bonchev–Trinajstić information content (AvgIpc) is 3.07. The van der Waals surface area contributed by atoms with E-state index in [9.17, 15) is 22.6 Å². The summed E-state index contributed by atoms with van der Waals surface area (Å²) in [7, 11) is -4.81. The summed E-state index contributed by atoms with van der Waals surface area (Å²) >= 11 is 0. The molecule has 1 aromatic rings. The van der Waals surface area contributed by atoms with Crippen molar-refractivity contribution in [3.63, 3.8) is 0 Å². The van der Waals surface area contributed by atoms with Gasteiger partial charge in [0.05, 0.1) is 29.2 Å². The first-order valence-electron chi connectivity index (χ1n) is 19.0. The van der Waals surface area contributed by atoms with Gasteiger partial charge in [0.2, 0.25) is 0 Å². The molecule has 0 radical (unpaired) electrons. The Morgan fingerprint density at radius 1 is 0.551 bits per heavy atom. The fourth-order valence-electron chi connectivity index (χ4n) is 5.50. The predicted molar refractivity (Wildman–Crippen MR) is 195 cm³/mol. The van der Waals surface area contributed by atoms with Gasteiger partial charge in [-0.1, -0.05) is 128 Å². The first kappa shape index (κ1) is 47.5. The topological polar surface area (TPSA) is 110 Å². The number of benzene rings is 1. The number of rotatable bonds is 31. The summed E-state index contributed by atoms with van der Waals surface area (Å²) in [5, 5.41) is 0. The Morgan fingerprint density at radius 2 is 0.898 bits per heavy atom. The molecule has 1 aromatic carbocycles. The third kappa shape index (κ3) is 26.1. The van der Waals surface area contributed by atoms with Gasteiger partial charge in [-0.15, -0.1) is 0 Å². The molecule has 0 N–H and O–H groups in total. The number of unbranched alkanes of at least 4 members (excludes halogenated alkanes) is 20. The van der Waals surface area contributed by atoms with Crippen molar-refractivity contribution >= 4 is 22.1 Å². The van der Waals surface area contributed by atoms with Crippen LogP contribution >= 0.6 is 0 Å². The zero-order valence-electron chi connectivity index (χ0n) is 31.2. The van der Waals surface area contributed by atoms with E-state index in [1.165, 1.54) is 89.9 Å². The Bertz CT molecular complexity index is 1150. The number of hydrogen-bond donors (Lipinski definition) is 0.